The van der Waals surface area contributed by atoms with Crippen LogP contribution >= 0.6 is 0 Å². The van der Waals surface area contributed by atoms with Crippen LogP contribution in [0.5, 0.6) is 0 Å². The van der Waals surface area contributed by atoms with Crippen LogP contribution in [0.3, 0.4) is 0 Å². The summed E-state index contributed by atoms with van der Waals surface area (Å²) >= 11 is 0. The Morgan fingerprint density at radius 3 is 2.60 bits per heavy atom. The summed E-state index contributed by atoms with van der Waals surface area (Å²) < 4.78 is 39.4. The van der Waals surface area contributed by atoms with Crippen molar-refractivity contribution in [2.45, 2.75) is 26.2 Å². The summed E-state index contributed by atoms with van der Waals surface area (Å²) in [5.41, 5.74) is -0.342. The summed E-state index contributed by atoms with van der Waals surface area (Å²) in [5.74, 6) is -3.72. The molecule has 0 heterocycles. The number of benzene rings is 1. The minimum absolute atomic E-state index is 0.342. The van der Waals surface area contributed by atoms with Gasteiger partial charge in [0.15, 0.2) is 17.5 Å². The molecule has 0 bridgehead atoms. The van der Waals surface area contributed by atoms with E-state index in [-0.39, 0.29) is 5.69 Å². The first-order valence-corrected chi connectivity index (χ1v) is 6.72. The Morgan fingerprint density at radius 2 is 2.00 bits per heavy atom. The van der Waals surface area contributed by atoms with E-state index in [0.29, 0.717) is 19.0 Å². The van der Waals surface area contributed by atoms with E-state index in [1.54, 1.807) is 4.90 Å². The van der Waals surface area contributed by atoms with Gasteiger partial charge in [0.25, 0.3) is 0 Å². The molecule has 0 saturated heterocycles. The van der Waals surface area contributed by atoms with E-state index in [1.807, 2.05) is 6.92 Å². The van der Waals surface area contributed by atoms with E-state index in [0.717, 1.165) is 31.4 Å². The molecule has 2 amide bonds. The fraction of sp³-hybridized carbons (Fsp3) is 0.500. The highest BCUT2D eigenvalue weighted by molar-refractivity contribution is 5.89. The average molecular weight is 286 g/mol. The molecule has 1 aromatic rings. The number of urea groups is 1. The van der Waals surface area contributed by atoms with Crippen LogP contribution in [-0.2, 0) is 0 Å². The van der Waals surface area contributed by atoms with Crippen molar-refractivity contribution in [3.8, 4) is 0 Å². The lowest BCUT2D eigenvalue weighted by Crippen LogP contribution is -2.37. The fourth-order valence-corrected chi connectivity index (χ4v) is 1.97. The first-order valence-electron chi connectivity index (χ1n) is 6.72. The Morgan fingerprint density at radius 1 is 1.30 bits per heavy atom. The SMILES string of the molecule is CCCN(CC1CC1)C(=O)Nc1ccc(F)c(F)c1F. The van der Waals surface area contributed by atoms with E-state index >= 15 is 0 Å². The van der Waals surface area contributed by atoms with Crippen LogP contribution in [0.15, 0.2) is 12.1 Å². The van der Waals surface area contributed by atoms with Crippen molar-refractivity contribution in [3.63, 3.8) is 0 Å². The molecule has 6 heteroatoms. The highest BCUT2D eigenvalue weighted by Gasteiger charge is 2.27. The van der Waals surface area contributed by atoms with E-state index in [1.165, 1.54) is 0 Å². The number of rotatable bonds is 5. The fourth-order valence-electron chi connectivity index (χ4n) is 1.97. The number of carbonyl (C=O) groups is 1. The highest BCUT2D eigenvalue weighted by Crippen LogP contribution is 2.30. The number of anilines is 1. The minimum Gasteiger partial charge on any atom is -0.324 e. The van der Waals surface area contributed by atoms with Crippen molar-refractivity contribution in [1.29, 1.82) is 0 Å². The molecule has 1 aliphatic carbocycles. The molecule has 0 spiro atoms. The van der Waals surface area contributed by atoms with E-state index < -0.39 is 23.5 Å². The van der Waals surface area contributed by atoms with Crippen molar-refractivity contribution >= 4 is 11.7 Å². The predicted molar refractivity (Wildman–Crippen MR) is 69.9 cm³/mol. The highest BCUT2D eigenvalue weighted by atomic mass is 19.2. The quantitative estimate of drug-likeness (QED) is 0.821. The molecule has 0 radical (unpaired) electrons. The second-order valence-electron chi connectivity index (χ2n) is 5.04. The van der Waals surface area contributed by atoms with Gasteiger partial charge in [-0.3, -0.25) is 0 Å². The average Bonchev–Trinajstić information content (AvgIpc) is 3.23. The molecule has 0 atom stereocenters. The zero-order valence-electron chi connectivity index (χ0n) is 11.3. The minimum atomic E-state index is -1.58. The lowest BCUT2D eigenvalue weighted by molar-refractivity contribution is 0.209. The van der Waals surface area contributed by atoms with E-state index in [9.17, 15) is 18.0 Å². The number of nitrogens with one attached hydrogen (secondary N) is 1. The monoisotopic (exact) mass is 286 g/mol. The molecule has 1 saturated carbocycles. The zero-order chi connectivity index (χ0) is 14.7. The van der Waals surface area contributed by atoms with Gasteiger partial charge < -0.3 is 10.2 Å². The zero-order valence-corrected chi connectivity index (χ0v) is 11.3. The third kappa shape index (κ3) is 3.43. The summed E-state index contributed by atoms with van der Waals surface area (Å²) in [6.07, 6.45) is 2.96. The van der Waals surface area contributed by atoms with Gasteiger partial charge in [-0.2, -0.15) is 0 Å². The van der Waals surface area contributed by atoms with Crippen LogP contribution in [0, 0.1) is 23.4 Å². The van der Waals surface area contributed by atoms with Crippen LogP contribution in [0.25, 0.3) is 0 Å². The molecular weight excluding hydrogens is 269 g/mol. The van der Waals surface area contributed by atoms with Gasteiger partial charge in [-0.1, -0.05) is 6.92 Å². The number of halogens is 3. The maximum absolute atomic E-state index is 13.5. The molecule has 1 fully saturated rings. The first kappa shape index (κ1) is 14.7. The van der Waals surface area contributed by atoms with Gasteiger partial charge in [0.2, 0.25) is 0 Å². The first-order chi connectivity index (χ1) is 9.52. The molecule has 1 aromatic carbocycles. The molecule has 0 unspecified atom stereocenters. The molecule has 3 nitrogen and oxygen atoms in total. The van der Waals surface area contributed by atoms with Gasteiger partial charge in [0.05, 0.1) is 5.69 Å². The molecule has 20 heavy (non-hydrogen) atoms. The number of hydrogen-bond donors (Lipinski definition) is 1. The van der Waals surface area contributed by atoms with Crippen LogP contribution in [-0.4, -0.2) is 24.0 Å². The van der Waals surface area contributed by atoms with Crippen molar-refractivity contribution < 1.29 is 18.0 Å². The summed E-state index contributed by atoms with van der Waals surface area (Å²) in [6, 6.07) is 1.33. The number of hydrogen-bond acceptors (Lipinski definition) is 1. The van der Waals surface area contributed by atoms with Gasteiger partial charge in [0, 0.05) is 13.1 Å². The Balaban J connectivity index is 2.06. The smallest absolute Gasteiger partial charge is 0.321 e. The standard InChI is InChI=1S/C14H17F3N2O/c1-2-7-19(8-9-3-4-9)14(20)18-11-6-5-10(15)12(16)13(11)17/h5-6,9H,2-4,7-8H2,1H3,(H,18,20). The van der Waals surface area contributed by atoms with Gasteiger partial charge in [-0.15, -0.1) is 0 Å². The Kier molecular flexibility index (Phi) is 4.52. The number of nitrogens with zero attached hydrogens (tertiary/aromatic N) is 1. The maximum atomic E-state index is 13.5. The van der Waals surface area contributed by atoms with E-state index in [2.05, 4.69) is 5.32 Å². The Hall–Kier alpha value is -1.72. The summed E-state index contributed by atoms with van der Waals surface area (Å²) in [7, 11) is 0. The third-order valence-electron chi connectivity index (χ3n) is 3.23. The van der Waals surface area contributed by atoms with Gasteiger partial charge >= 0.3 is 6.03 Å². The van der Waals surface area contributed by atoms with Crippen molar-refractivity contribution in [3.05, 3.63) is 29.6 Å². The van der Waals surface area contributed by atoms with Crippen LogP contribution in [0.2, 0.25) is 0 Å². The van der Waals surface area contributed by atoms with Crippen molar-refractivity contribution in [2.24, 2.45) is 5.92 Å². The molecule has 110 valence electrons. The predicted octanol–water partition coefficient (Wildman–Crippen LogP) is 3.76. The van der Waals surface area contributed by atoms with Gasteiger partial charge in [-0.25, -0.2) is 18.0 Å². The van der Waals surface area contributed by atoms with E-state index in [4.69, 9.17) is 0 Å². The molecular formula is C14H17F3N2O. The second-order valence-corrected chi connectivity index (χ2v) is 5.04. The summed E-state index contributed by atoms with van der Waals surface area (Å²) in [6.45, 7) is 3.10. The Labute approximate surface area is 115 Å². The van der Waals surface area contributed by atoms with Crippen LogP contribution < -0.4 is 5.32 Å². The topological polar surface area (TPSA) is 32.3 Å². The third-order valence-corrected chi connectivity index (χ3v) is 3.23. The normalized spacial score (nSPS) is 14.2. The molecule has 1 aliphatic rings. The molecule has 1 N–H and O–H groups in total. The molecule has 0 aliphatic heterocycles. The number of amides is 2. The summed E-state index contributed by atoms with van der Waals surface area (Å²) in [4.78, 5) is 13.6. The largest absolute Gasteiger partial charge is 0.324 e. The van der Waals surface area contributed by atoms with Crippen molar-refractivity contribution in [2.75, 3.05) is 18.4 Å². The second kappa shape index (κ2) is 6.15. The van der Waals surface area contributed by atoms with Gasteiger partial charge in [0.1, 0.15) is 0 Å². The number of carbonyl (C=O) groups excluding carboxylic acids is 1. The lowest BCUT2D eigenvalue weighted by Gasteiger charge is -2.22. The van der Waals surface area contributed by atoms with Crippen LogP contribution in [0.4, 0.5) is 23.7 Å². The van der Waals surface area contributed by atoms with Gasteiger partial charge in [-0.05, 0) is 37.3 Å². The molecule has 2 rings (SSSR count). The Bertz CT molecular complexity index is 503. The molecule has 0 aromatic heterocycles. The van der Waals surface area contributed by atoms with Crippen LogP contribution in [0.1, 0.15) is 26.2 Å². The lowest BCUT2D eigenvalue weighted by atomic mass is 10.2. The summed E-state index contributed by atoms with van der Waals surface area (Å²) in [5, 5.41) is 2.30. The van der Waals surface area contributed by atoms with Crippen molar-refractivity contribution in [1.82, 2.24) is 4.90 Å². The maximum Gasteiger partial charge on any atom is 0.321 e.